The molecule has 1 heterocycles. The molecule has 2 rings (SSSR count). The van der Waals surface area contributed by atoms with E-state index in [1.54, 1.807) is 17.7 Å². The highest BCUT2D eigenvalue weighted by molar-refractivity contribution is 6.32. The first kappa shape index (κ1) is 17.6. The van der Waals surface area contributed by atoms with Gasteiger partial charge < -0.3 is 0 Å². The van der Waals surface area contributed by atoms with Crippen molar-refractivity contribution in [2.75, 3.05) is 0 Å². The van der Waals surface area contributed by atoms with Crippen LogP contribution < -0.4 is 5.43 Å². The first-order chi connectivity index (χ1) is 11.3. The van der Waals surface area contributed by atoms with Crippen LogP contribution in [-0.4, -0.2) is 26.3 Å². The molecule has 0 atom stereocenters. The lowest BCUT2D eigenvalue weighted by molar-refractivity contribution is -0.384. The Morgan fingerprint density at radius 2 is 2.12 bits per heavy atom. The topological polar surface area (TPSA) is 102 Å². The van der Waals surface area contributed by atoms with Gasteiger partial charge in [-0.05, 0) is 32.9 Å². The van der Waals surface area contributed by atoms with Gasteiger partial charge in [-0.25, -0.2) is 5.43 Å². The summed E-state index contributed by atoms with van der Waals surface area (Å²) in [5.41, 5.74) is 4.83. The van der Waals surface area contributed by atoms with Crippen molar-refractivity contribution in [2.24, 2.45) is 5.10 Å². The van der Waals surface area contributed by atoms with E-state index in [1.165, 1.54) is 12.1 Å². The fraction of sp³-hybridized carbons (Fsp3) is 0.267. The molecule has 0 bridgehead atoms. The Balaban J connectivity index is 2.08. The number of halogens is 1. The number of hydrogen-bond donors (Lipinski definition) is 1. The lowest BCUT2D eigenvalue weighted by Crippen LogP contribution is -2.25. The molecule has 1 aromatic heterocycles. The number of benzene rings is 1. The maximum Gasteiger partial charge on any atom is 0.288 e. The molecular formula is C15H16ClN5O3. The van der Waals surface area contributed by atoms with Crippen LogP contribution in [-0.2, 0) is 11.3 Å². The van der Waals surface area contributed by atoms with Crippen LogP contribution in [0.4, 0.5) is 5.69 Å². The smallest absolute Gasteiger partial charge is 0.271 e. The largest absolute Gasteiger partial charge is 0.288 e. The van der Waals surface area contributed by atoms with Crippen molar-refractivity contribution in [3.05, 3.63) is 56.4 Å². The summed E-state index contributed by atoms with van der Waals surface area (Å²) in [4.78, 5) is 22.3. The van der Waals surface area contributed by atoms with Gasteiger partial charge >= 0.3 is 0 Å². The summed E-state index contributed by atoms with van der Waals surface area (Å²) in [5.74, 6) is -0.344. The fourth-order valence-electron chi connectivity index (χ4n) is 2.09. The molecule has 0 saturated heterocycles. The fourth-order valence-corrected chi connectivity index (χ4v) is 2.28. The molecule has 0 unspecified atom stereocenters. The lowest BCUT2D eigenvalue weighted by Gasteiger charge is -2.05. The molecule has 1 aromatic carbocycles. The highest BCUT2D eigenvalue weighted by Gasteiger charge is 2.14. The van der Waals surface area contributed by atoms with E-state index in [2.05, 4.69) is 15.6 Å². The summed E-state index contributed by atoms with van der Waals surface area (Å²) in [6.45, 7) is 5.37. The van der Waals surface area contributed by atoms with Crippen LogP contribution in [0.25, 0.3) is 0 Å². The number of nitrogens with zero attached hydrogens (tertiary/aromatic N) is 4. The van der Waals surface area contributed by atoms with Crippen molar-refractivity contribution in [2.45, 2.75) is 27.3 Å². The maximum atomic E-state index is 11.9. The molecule has 0 aliphatic carbocycles. The molecular weight excluding hydrogens is 334 g/mol. The van der Waals surface area contributed by atoms with E-state index in [0.717, 1.165) is 11.4 Å². The summed E-state index contributed by atoms with van der Waals surface area (Å²) < 4.78 is 1.57. The van der Waals surface area contributed by atoms with Gasteiger partial charge in [-0.3, -0.25) is 19.6 Å². The van der Waals surface area contributed by atoms with Crippen LogP contribution >= 0.6 is 11.6 Å². The van der Waals surface area contributed by atoms with E-state index in [0.29, 0.717) is 11.3 Å². The molecule has 8 nitrogen and oxygen atoms in total. The standard InChI is InChI=1S/C15H16ClN5O3/c1-9-6-10(2)20(19-9)8-15(22)18-17-11(3)12-4-5-13(16)14(7-12)21(23)24/h4-7H,8H2,1-3H3,(H,18,22)/b17-11-. The monoisotopic (exact) mass is 349 g/mol. The predicted molar refractivity (Wildman–Crippen MR) is 90.2 cm³/mol. The number of aryl methyl sites for hydroxylation is 2. The third kappa shape index (κ3) is 4.17. The van der Waals surface area contributed by atoms with E-state index < -0.39 is 4.92 Å². The summed E-state index contributed by atoms with van der Waals surface area (Å²) in [6.07, 6.45) is 0. The van der Waals surface area contributed by atoms with E-state index in [4.69, 9.17) is 11.6 Å². The molecule has 2 aromatic rings. The minimum Gasteiger partial charge on any atom is -0.271 e. The molecule has 0 aliphatic heterocycles. The number of hydrazone groups is 1. The molecule has 1 N–H and O–H groups in total. The normalized spacial score (nSPS) is 11.4. The van der Waals surface area contributed by atoms with Crippen molar-refractivity contribution in [3.63, 3.8) is 0 Å². The average Bonchev–Trinajstić information content (AvgIpc) is 2.82. The third-order valence-corrected chi connectivity index (χ3v) is 3.63. The Morgan fingerprint density at radius 3 is 2.71 bits per heavy atom. The van der Waals surface area contributed by atoms with Gasteiger partial charge in [0.25, 0.3) is 11.6 Å². The Labute approximate surface area is 143 Å². The summed E-state index contributed by atoms with van der Waals surface area (Å²) in [6, 6.07) is 6.20. The number of carbonyl (C=O) groups excluding carboxylic acids is 1. The van der Waals surface area contributed by atoms with Crippen molar-refractivity contribution in [3.8, 4) is 0 Å². The molecule has 1 amide bonds. The second-order valence-electron chi connectivity index (χ2n) is 5.24. The van der Waals surface area contributed by atoms with Crippen molar-refractivity contribution >= 4 is 28.9 Å². The van der Waals surface area contributed by atoms with Crippen LogP contribution in [0.2, 0.25) is 5.02 Å². The van der Waals surface area contributed by atoms with Crippen molar-refractivity contribution in [1.82, 2.24) is 15.2 Å². The number of aromatic nitrogens is 2. The molecule has 0 aliphatic rings. The Bertz CT molecular complexity index is 829. The van der Waals surface area contributed by atoms with Gasteiger partial charge in [-0.2, -0.15) is 10.2 Å². The second kappa shape index (κ2) is 7.22. The lowest BCUT2D eigenvalue weighted by atomic mass is 10.1. The second-order valence-corrected chi connectivity index (χ2v) is 5.65. The number of amides is 1. The predicted octanol–water partition coefficient (Wildman–Crippen LogP) is 2.60. The van der Waals surface area contributed by atoms with Gasteiger partial charge in [0.15, 0.2) is 0 Å². The molecule has 0 fully saturated rings. The van der Waals surface area contributed by atoms with Gasteiger partial charge in [0.2, 0.25) is 0 Å². The van der Waals surface area contributed by atoms with E-state index >= 15 is 0 Å². The van der Waals surface area contributed by atoms with E-state index in [1.807, 2.05) is 19.9 Å². The van der Waals surface area contributed by atoms with Crippen LogP contribution in [0, 0.1) is 24.0 Å². The Hall–Kier alpha value is -2.74. The Kier molecular flexibility index (Phi) is 5.30. The number of nitro benzene ring substituents is 1. The zero-order valence-corrected chi connectivity index (χ0v) is 14.2. The number of nitro groups is 1. The first-order valence-electron chi connectivity index (χ1n) is 7.06. The molecule has 0 radical (unpaired) electrons. The molecule has 0 spiro atoms. The van der Waals surface area contributed by atoms with Crippen molar-refractivity contribution < 1.29 is 9.72 Å². The zero-order valence-electron chi connectivity index (χ0n) is 13.4. The van der Waals surface area contributed by atoms with Crippen molar-refractivity contribution in [1.29, 1.82) is 0 Å². The van der Waals surface area contributed by atoms with Crippen LogP contribution in [0.15, 0.2) is 29.4 Å². The van der Waals surface area contributed by atoms with Gasteiger partial charge in [0.1, 0.15) is 11.6 Å². The summed E-state index contributed by atoms with van der Waals surface area (Å²) in [7, 11) is 0. The highest BCUT2D eigenvalue weighted by Crippen LogP contribution is 2.25. The number of nitrogens with one attached hydrogen (secondary N) is 1. The number of rotatable bonds is 5. The highest BCUT2D eigenvalue weighted by atomic mass is 35.5. The summed E-state index contributed by atoms with van der Waals surface area (Å²) >= 11 is 5.77. The maximum absolute atomic E-state index is 11.9. The van der Waals surface area contributed by atoms with Crippen LogP contribution in [0.5, 0.6) is 0 Å². The first-order valence-corrected chi connectivity index (χ1v) is 7.44. The summed E-state index contributed by atoms with van der Waals surface area (Å²) in [5, 5.41) is 19.1. The SMILES string of the molecule is C/C(=N/NC(=O)Cn1nc(C)cc1C)c1ccc(Cl)c([N+](=O)[O-])c1. The minimum absolute atomic E-state index is 0.0389. The van der Waals surface area contributed by atoms with E-state index in [-0.39, 0.29) is 23.2 Å². The molecule has 126 valence electrons. The van der Waals surface area contributed by atoms with Gasteiger partial charge in [-0.15, -0.1) is 0 Å². The Morgan fingerprint density at radius 1 is 1.42 bits per heavy atom. The number of hydrogen-bond acceptors (Lipinski definition) is 5. The minimum atomic E-state index is -0.569. The zero-order chi connectivity index (χ0) is 17.9. The molecule has 9 heteroatoms. The molecule has 0 saturated carbocycles. The number of carbonyl (C=O) groups is 1. The third-order valence-electron chi connectivity index (χ3n) is 3.31. The van der Waals surface area contributed by atoms with Gasteiger partial charge in [0.05, 0.1) is 16.3 Å². The van der Waals surface area contributed by atoms with Crippen LogP contribution in [0.3, 0.4) is 0 Å². The average molecular weight is 350 g/mol. The van der Waals surface area contributed by atoms with E-state index in [9.17, 15) is 14.9 Å². The molecule has 24 heavy (non-hydrogen) atoms. The van der Waals surface area contributed by atoms with Gasteiger partial charge in [0, 0.05) is 17.3 Å². The van der Waals surface area contributed by atoms with Crippen LogP contribution in [0.1, 0.15) is 23.9 Å². The van der Waals surface area contributed by atoms with Gasteiger partial charge in [-0.1, -0.05) is 17.7 Å². The quantitative estimate of drug-likeness (QED) is 0.509.